The molecule has 0 aliphatic rings. The summed E-state index contributed by atoms with van der Waals surface area (Å²) in [5.41, 5.74) is 1.69. The summed E-state index contributed by atoms with van der Waals surface area (Å²) in [5, 5.41) is 3.52. The first-order valence-corrected chi connectivity index (χ1v) is 6.45. The number of hydrogen-bond donors (Lipinski definition) is 1. The van der Waals surface area contributed by atoms with Gasteiger partial charge in [-0.15, -0.1) is 0 Å². The molecule has 0 bridgehead atoms. The van der Waals surface area contributed by atoms with Crippen molar-refractivity contribution in [2.75, 3.05) is 21.3 Å². The summed E-state index contributed by atoms with van der Waals surface area (Å²) < 4.78 is 10.5. The Balaban J connectivity index is 2.47. The Morgan fingerprint density at radius 3 is 2.70 bits per heavy atom. The van der Waals surface area contributed by atoms with Crippen LogP contribution in [0.25, 0.3) is 11.4 Å². The van der Waals surface area contributed by atoms with Crippen molar-refractivity contribution in [2.24, 2.45) is 0 Å². The van der Waals surface area contributed by atoms with Crippen LogP contribution >= 0.6 is 11.6 Å². The first-order chi connectivity index (χ1) is 9.69. The summed E-state index contributed by atoms with van der Waals surface area (Å²) in [6.45, 7) is 0.677. The van der Waals surface area contributed by atoms with Crippen LogP contribution < -0.4 is 14.8 Å². The van der Waals surface area contributed by atoms with Crippen molar-refractivity contribution in [3.63, 3.8) is 0 Å². The van der Waals surface area contributed by atoms with E-state index in [2.05, 4.69) is 15.3 Å². The fraction of sp³-hybridized carbons (Fsp3) is 0.286. The SMILES string of the molecule is CNCc1ccnc(-c2cc(Cl)c(OC)c(OC)c2)n1. The van der Waals surface area contributed by atoms with Crippen molar-refractivity contribution in [1.82, 2.24) is 15.3 Å². The van der Waals surface area contributed by atoms with E-state index in [1.54, 1.807) is 26.5 Å². The van der Waals surface area contributed by atoms with Gasteiger partial charge >= 0.3 is 0 Å². The molecule has 0 spiro atoms. The van der Waals surface area contributed by atoms with Gasteiger partial charge in [-0.1, -0.05) is 11.6 Å². The second kappa shape index (κ2) is 6.54. The van der Waals surface area contributed by atoms with E-state index in [9.17, 15) is 0 Å². The van der Waals surface area contributed by atoms with Gasteiger partial charge in [0.1, 0.15) is 0 Å². The molecule has 0 atom stereocenters. The molecule has 5 nitrogen and oxygen atoms in total. The lowest BCUT2D eigenvalue weighted by Crippen LogP contribution is -2.07. The molecule has 106 valence electrons. The molecule has 2 rings (SSSR count). The standard InChI is InChI=1S/C14H16ClN3O2/c1-16-8-10-4-5-17-14(18-10)9-6-11(15)13(20-3)12(7-9)19-2/h4-7,16H,8H2,1-3H3. The highest BCUT2D eigenvalue weighted by Gasteiger charge is 2.13. The largest absolute Gasteiger partial charge is 0.493 e. The molecule has 0 fully saturated rings. The molecule has 0 aliphatic carbocycles. The monoisotopic (exact) mass is 293 g/mol. The highest BCUT2D eigenvalue weighted by atomic mass is 35.5. The van der Waals surface area contributed by atoms with Gasteiger partial charge in [0.05, 0.1) is 24.9 Å². The number of hydrogen-bond acceptors (Lipinski definition) is 5. The highest BCUT2D eigenvalue weighted by molar-refractivity contribution is 6.32. The fourth-order valence-electron chi connectivity index (χ4n) is 1.86. The van der Waals surface area contributed by atoms with E-state index in [0.29, 0.717) is 28.9 Å². The normalized spacial score (nSPS) is 10.4. The molecule has 6 heteroatoms. The van der Waals surface area contributed by atoms with Crippen LogP contribution in [-0.4, -0.2) is 31.2 Å². The van der Waals surface area contributed by atoms with E-state index in [0.717, 1.165) is 11.3 Å². The number of ether oxygens (including phenoxy) is 2. The number of nitrogens with one attached hydrogen (secondary N) is 1. The van der Waals surface area contributed by atoms with Crippen LogP contribution in [0.1, 0.15) is 5.69 Å². The van der Waals surface area contributed by atoms with Crippen molar-refractivity contribution in [3.05, 3.63) is 35.1 Å². The van der Waals surface area contributed by atoms with Crippen LogP contribution in [0.15, 0.2) is 24.4 Å². The van der Waals surface area contributed by atoms with Crippen molar-refractivity contribution in [2.45, 2.75) is 6.54 Å². The predicted molar refractivity (Wildman–Crippen MR) is 78.3 cm³/mol. The quantitative estimate of drug-likeness (QED) is 0.918. The Kier molecular flexibility index (Phi) is 4.76. The molecule has 0 unspecified atom stereocenters. The molecule has 0 amide bonds. The second-order valence-corrected chi connectivity index (χ2v) is 4.50. The topological polar surface area (TPSA) is 56.3 Å². The Morgan fingerprint density at radius 1 is 1.25 bits per heavy atom. The zero-order valence-corrected chi connectivity index (χ0v) is 12.4. The van der Waals surface area contributed by atoms with Gasteiger partial charge in [-0.05, 0) is 25.2 Å². The van der Waals surface area contributed by atoms with E-state index in [1.165, 1.54) is 0 Å². The van der Waals surface area contributed by atoms with Gasteiger partial charge < -0.3 is 14.8 Å². The predicted octanol–water partition coefficient (Wildman–Crippen LogP) is 2.53. The highest BCUT2D eigenvalue weighted by Crippen LogP contribution is 2.38. The van der Waals surface area contributed by atoms with Crippen LogP contribution in [0.2, 0.25) is 5.02 Å². The number of nitrogens with zero attached hydrogens (tertiary/aromatic N) is 2. The molecule has 2 aromatic rings. The number of benzene rings is 1. The fourth-order valence-corrected chi connectivity index (χ4v) is 2.15. The van der Waals surface area contributed by atoms with E-state index < -0.39 is 0 Å². The van der Waals surface area contributed by atoms with Crippen LogP contribution in [0, 0.1) is 0 Å². The average molecular weight is 294 g/mol. The third-order valence-corrected chi connectivity index (χ3v) is 3.04. The Labute approximate surface area is 122 Å². The van der Waals surface area contributed by atoms with Gasteiger partial charge in [0, 0.05) is 18.3 Å². The minimum Gasteiger partial charge on any atom is -0.493 e. The molecule has 0 saturated heterocycles. The zero-order valence-electron chi connectivity index (χ0n) is 11.6. The average Bonchev–Trinajstić information content (AvgIpc) is 2.47. The van der Waals surface area contributed by atoms with Gasteiger partial charge in [0.25, 0.3) is 0 Å². The first kappa shape index (κ1) is 14.6. The molecule has 1 aromatic carbocycles. The minimum atomic E-state index is 0.462. The van der Waals surface area contributed by atoms with E-state index in [4.69, 9.17) is 21.1 Å². The van der Waals surface area contributed by atoms with Crippen molar-refractivity contribution in [1.29, 1.82) is 0 Å². The van der Waals surface area contributed by atoms with Crippen LogP contribution in [-0.2, 0) is 6.54 Å². The summed E-state index contributed by atoms with van der Waals surface area (Å²) in [7, 11) is 4.98. The van der Waals surface area contributed by atoms with Gasteiger partial charge in [0.2, 0.25) is 0 Å². The molecule has 1 heterocycles. The van der Waals surface area contributed by atoms with Gasteiger partial charge in [0.15, 0.2) is 17.3 Å². The smallest absolute Gasteiger partial charge is 0.179 e. The molecule has 0 aliphatic heterocycles. The van der Waals surface area contributed by atoms with Gasteiger partial charge in [-0.3, -0.25) is 0 Å². The molecule has 1 aromatic heterocycles. The van der Waals surface area contributed by atoms with Crippen molar-refractivity contribution in [3.8, 4) is 22.9 Å². The van der Waals surface area contributed by atoms with E-state index >= 15 is 0 Å². The van der Waals surface area contributed by atoms with Gasteiger partial charge in [-0.2, -0.15) is 0 Å². The summed E-state index contributed by atoms with van der Waals surface area (Å²) in [5.74, 6) is 1.66. The maximum Gasteiger partial charge on any atom is 0.179 e. The lowest BCUT2D eigenvalue weighted by Gasteiger charge is -2.11. The molecule has 0 saturated carbocycles. The Hall–Kier alpha value is -1.85. The van der Waals surface area contributed by atoms with Crippen LogP contribution in [0.3, 0.4) is 0 Å². The maximum atomic E-state index is 6.19. The Bertz CT molecular complexity index is 605. The number of methoxy groups -OCH3 is 2. The Morgan fingerprint density at radius 2 is 2.05 bits per heavy atom. The van der Waals surface area contributed by atoms with Crippen molar-refractivity contribution >= 4 is 11.6 Å². The maximum absolute atomic E-state index is 6.19. The third-order valence-electron chi connectivity index (χ3n) is 2.76. The zero-order chi connectivity index (χ0) is 14.5. The lowest BCUT2D eigenvalue weighted by atomic mass is 10.2. The van der Waals surface area contributed by atoms with E-state index in [-0.39, 0.29) is 0 Å². The van der Waals surface area contributed by atoms with Crippen LogP contribution in [0.5, 0.6) is 11.5 Å². The lowest BCUT2D eigenvalue weighted by molar-refractivity contribution is 0.355. The van der Waals surface area contributed by atoms with Gasteiger partial charge in [-0.25, -0.2) is 9.97 Å². The molecule has 0 radical (unpaired) electrons. The summed E-state index contributed by atoms with van der Waals surface area (Å²) in [4.78, 5) is 8.75. The molecular formula is C14H16ClN3O2. The third kappa shape index (κ3) is 3.00. The minimum absolute atomic E-state index is 0.462. The molecule has 1 N–H and O–H groups in total. The summed E-state index contributed by atoms with van der Waals surface area (Å²) in [6, 6.07) is 5.44. The summed E-state index contributed by atoms with van der Waals surface area (Å²) >= 11 is 6.19. The first-order valence-electron chi connectivity index (χ1n) is 6.08. The number of rotatable bonds is 5. The number of aromatic nitrogens is 2. The van der Waals surface area contributed by atoms with Crippen LogP contribution in [0.4, 0.5) is 0 Å². The van der Waals surface area contributed by atoms with Crippen molar-refractivity contribution < 1.29 is 9.47 Å². The number of halogens is 1. The molecule has 20 heavy (non-hydrogen) atoms. The second-order valence-electron chi connectivity index (χ2n) is 4.10. The summed E-state index contributed by atoms with van der Waals surface area (Å²) in [6.07, 6.45) is 1.72. The van der Waals surface area contributed by atoms with E-state index in [1.807, 2.05) is 19.2 Å². The molecular weight excluding hydrogens is 278 g/mol.